The smallest absolute Gasteiger partial charge is 0.445 e. The number of carbonyl (C=O) groups is 3. The summed E-state index contributed by atoms with van der Waals surface area (Å²) in [5.41, 5.74) is 2.65. The standard InChI is InChI=1S/C28H40BN3O6/c1-18(2)14-23(27(34)32-25(19(3)4)29(36)37)30-26(33)24(16-22-13-9-10-20(5)15-22)31-28(35)38-17-21-11-7-6-8-12-21/h6-13,15,18-19,23-25,36-37H,14,16-17H2,1-5H3,(H,30,33)(H,31,35)(H,32,34)/t23-,24-,25-/m0/s1. The van der Waals surface area contributed by atoms with E-state index >= 15 is 0 Å². The van der Waals surface area contributed by atoms with Gasteiger partial charge >= 0.3 is 13.2 Å². The molecule has 2 rings (SSSR count). The molecule has 5 N–H and O–H groups in total. The average Bonchev–Trinajstić information content (AvgIpc) is 2.85. The van der Waals surface area contributed by atoms with Crippen molar-refractivity contribution in [2.75, 3.05) is 0 Å². The third-order valence-electron chi connectivity index (χ3n) is 6.03. The molecule has 0 saturated carbocycles. The lowest BCUT2D eigenvalue weighted by Crippen LogP contribution is -2.58. The Hall–Kier alpha value is -3.37. The largest absolute Gasteiger partial charge is 0.475 e. The molecule has 9 nitrogen and oxygen atoms in total. The van der Waals surface area contributed by atoms with Crippen LogP contribution >= 0.6 is 0 Å². The minimum absolute atomic E-state index is 0.0456. The van der Waals surface area contributed by atoms with E-state index in [9.17, 15) is 24.4 Å². The second-order valence-electron chi connectivity index (χ2n) is 10.3. The van der Waals surface area contributed by atoms with Gasteiger partial charge in [0, 0.05) is 6.42 Å². The van der Waals surface area contributed by atoms with Gasteiger partial charge in [-0.25, -0.2) is 4.79 Å². The topological polar surface area (TPSA) is 137 Å². The van der Waals surface area contributed by atoms with Crippen molar-refractivity contribution in [2.45, 2.75) is 72.1 Å². The minimum atomic E-state index is -1.75. The molecule has 0 aliphatic rings. The van der Waals surface area contributed by atoms with Gasteiger partial charge in [-0.1, -0.05) is 87.9 Å². The van der Waals surface area contributed by atoms with Crippen LogP contribution in [0.4, 0.5) is 4.79 Å². The highest BCUT2D eigenvalue weighted by atomic mass is 16.5. The Morgan fingerprint density at radius 1 is 0.842 bits per heavy atom. The maximum atomic E-state index is 13.4. The molecule has 0 aromatic heterocycles. The molecule has 0 heterocycles. The van der Waals surface area contributed by atoms with Crippen LogP contribution < -0.4 is 16.0 Å². The Bertz CT molecular complexity index is 1040. The fourth-order valence-corrected chi connectivity index (χ4v) is 4.02. The molecule has 0 aliphatic carbocycles. The lowest BCUT2D eigenvalue weighted by molar-refractivity contribution is -0.130. The lowest BCUT2D eigenvalue weighted by atomic mass is 9.73. The fourth-order valence-electron chi connectivity index (χ4n) is 4.02. The number of benzene rings is 2. The number of aryl methyl sites for hydroxylation is 1. The van der Waals surface area contributed by atoms with E-state index in [2.05, 4.69) is 16.0 Å². The molecule has 0 spiro atoms. The van der Waals surface area contributed by atoms with Crippen LogP contribution in [-0.4, -0.2) is 53.1 Å². The van der Waals surface area contributed by atoms with Gasteiger partial charge in [0.1, 0.15) is 18.7 Å². The van der Waals surface area contributed by atoms with Gasteiger partial charge in [0.2, 0.25) is 11.8 Å². The summed E-state index contributed by atoms with van der Waals surface area (Å²) in [5.74, 6) is -2.16. The van der Waals surface area contributed by atoms with Gasteiger partial charge in [-0.2, -0.15) is 0 Å². The van der Waals surface area contributed by atoms with E-state index in [0.717, 1.165) is 16.7 Å². The Morgan fingerprint density at radius 2 is 1.47 bits per heavy atom. The summed E-state index contributed by atoms with van der Waals surface area (Å²) in [6.07, 6.45) is -0.247. The monoisotopic (exact) mass is 525 g/mol. The second-order valence-corrected chi connectivity index (χ2v) is 10.3. The van der Waals surface area contributed by atoms with Gasteiger partial charge in [-0.05, 0) is 36.3 Å². The zero-order valence-electron chi connectivity index (χ0n) is 22.8. The third kappa shape index (κ3) is 10.6. The summed E-state index contributed by atoms with van der Waals surface area (Å²) < 4.78 is 5.33. The van der Waals surface area contributed by atoms with Crippen molar-refractivity contribution in [3.63, 3.8) is 0 Å². The van der Waals surface area contributed by atoms with E-state index in [1.54, 1.807) is 13.8 Å². The molecule has 0 aliphatic heterocycles. The van der Waals surface area contributed by atoms with Crippen molar-refractivity contribution < 1.29 is 29.2 Å². The fraction of sp³-hybridized carbons (Fsp3) is 0.464. The van der Waals surface area contributed by atoms with E-state index in [1.165, 1.54) is 0 Å². The maximum Gasteiger partial charge on any atom is 0.475 e. The van der Waals surface area contributed by atoms with Crippen molar-refractivity contribution in [1.29, 1.82) is 0 Å². The first-order chi connectivity index (χ1) is 18.0. The lowest BCUT2D eigenvalue weighted by Gasteiger charge is -2.27. The molecule has 0 radical (unpaired) electrons. The average molecular weight is 525 g/mol. The zero-order valence-corrected chi connectivity index (χ0v) is 22.8. The highest BCUT2D eigenvalue weighted by Crippen LogP contribution is 2.11. The highest BCUT2D eigenvalue weighted by Gasteiger charge is 2.33. The summed E-state index contributed by atoms with van der Waals surface area (Å²) in [7, 11) is -1.75. The Kier molecular flexibility index (Phi) is 12.3. The summed E-state index contributed by atoms with van der Waals surface area (Å²) in [4.78, 5) is 39.1. The summed E-state index contributed by atoms with van der Waals surface area (Å²) in [5, 5.41) is 27.4. The maximum absolute atomic E-state index is 13.4. The number of amides is 3. The molecular weight excluding hydrogens is 485 g/mol. The van der Waals surface area contributed by atoms with Crippen LogP contribution in [0.1, 0.15) is 50.8 Å². The molecule has 206 valence electrons. The number of hydrogen-bond donors (Lipinski definition) is 5. The van der Waals surface area contributed by atoms with Crippen LogP contribution in [0.15, 0.2) is 54.6 Å². The molecule has 10 heteroatoms. The molecule has 38 heavy (non-hydrogen) atoms. The van der Waals surface area contributed by atoms with Crippen molar-refractivity contribution in [2.24, 2.45) is 11.8 Å². The molecule has 0 saturated heterocycles. The van der Waals surface area contributed by atoms with Gasteiger partial charge in [0.25, 0.3) is 0 Å². The Labute approximate surface area is 225 Å². The minimum Gasteiger partial charge on any atom is -0.445 e. The summed E-state index contributed by atoms with van der Waals surface area (Å²) >= 11 is 0. The summed E-state index contributed by atoms with van der Waals surface area (Å²) in [6, 6.07) is 14.8. The van der Waals surface area contributed by atoms with Crippen molar-refractivity contribution in [3.8, 4) is 0 Å². The molecule has 0 unspecified atom stereocenters. The van der Waals surface area contributed by atoms with Gasteiger partial charge in [0.05, 0.1) is 5.94 Å². The molecule has 3 amide bonds. The van der Waals surface area contributed by atoms with E-state index in [-0.39, 0.29) is 24.9 Å². The van der Waals surface area contributed by atoms with Gasteiger partial charge in [0.15, 0.2) is 0 Å². The highest BCUT2D eigenvalue weighted by molar-refractivity contribution is 6.43. The van der Waals surface area contributed by atoms with E-state index in [0.29, 0.717) is 6.42 Å². The first kappa shape index (κ1) is 30.9. The van der Waals surface area contributed by atoms with Crippen LogP contribution in [0.2, 0.25) is 0 Å². The first-order valence-electron chi connectivity index (χ1n) is 13.0. The predicted octanol–water partition coefficient (Wildman–Crippen LogP) is 2.52. The van der Waals surface area contributed by atoms with Gasteiger partial charge < -0.3 is 30.7 Å². The number of ether oxygens (including phenoxy) is 1. The zero-order chi connectivity index (χ0) is 28.2. The van der Waals surface area contributed by atoms with Crippen LogP contribution in [0.3, 0.4) is 0 Å². The normalized spacial score (nSPS) is 13.4. The number of nitrogens with one attached hydrogen (secondary N) is 3. The van der Waals surface area contributed by atoms with Crippen molar-refractivity contribution >= 4 is 25.0 Å². The second kappa shape index (κ2) is 15.1. The van der Waals surface area contributed by atoms with Gasteiger partial charge in [-0.15, -0.1) is 0 Å². The number of hydrogen-bond acceptors (Lipinski definition) is 6. The van der Waals surface area contributed by atoms with E-state index in [1.807, 2.05) is 75.4 Å². The van der Waals surface area contributed by atoms with Gasteiger partial charge in [-0.3, -0.25) is 9.59 Å². The first-order valence-corrected chi connectivity index (χ1v) is 13.0. The predicted molar refractivity (Wildman–Crippen MR) is 147 cm³/mol. The molecular formula is C28H40BN3O6. The molecule has 2 aromatic rings. The van der Waals surface area contributed by atoms with Crippen LogP contribution in [0.25, 0.3) is 0 Å². The van der Waals surface area contributed by atoms with Crippen LogP contribution in [-0.2, 0) is 27.4 Å². The van der Waals surface area contributed by atoms with Crippen molar-refractivity contribution in [3.05, 3.63) is 71.3 Å². The molecule has 2 aromatic carbocycles. The molecule has 0 fully saturated rings. The SMILES string of the molecule is Cc1cccc(C[C@H](NC(=O)OCc2ccccc2)C(=O)N[C@@H](CC(C)C)C(=O)N[C@H](B(O)O)C(C)C)c1. The summed E-state index contributed by atoms with van der Waals surface area (Å²) in [6.45, 7) is 9.31. The Morgan fingerprint density at radius 3 is 2.05 bits per heavy atom. The number of alkyl carbamates (subject to hydrolysis) is 1. The third-order valence-corrected chi connectivity index (χ3v) is 6.03. The Balaban J connectivity index is 2.19. The van der Waals surface area contributed by atoms with Crippen molar-refractivity contribution in [1.82, 2.24) is 16.0 Å². The number of carbonyl (C=O) groups excluding carboxylic acids is 3. The van der Waals surface area contributed by atoms with Crippen LogP contribution in [0, 0.1) is 18.8 Å². The quantitative estimate of drug-likeness (QED) is 0.255. The van der Waals surface area contributed by atoms with Crippen LogP contribution in [0.5, 0.6) is 0 Å². The van der Waals surface area contributed by atoms with E-state index < -0.39 is 43.1 Å². The molecule has 0 bridgehead atoms. The number of rotatable bonds is 13. The van der Waals surface area contributed by atoms with E-state index in [4.69, 9.17) is 4.74 Å². The molecule has 3 atom stereocenters.